The van der Waals surface area contributed by atoms with Gasteiger partial charge in [0.05, 0.1) is 10.8 Å². The summed E-state index contributed by atoms with van der Waals surface area (Å²) in [5.74, 6) is -0.910. The summed E-state index contributed by atoms with van der Waals surface area (Å²) in [6.45, 7) is 3.97. The number of hydrogen-bond acceptors (Lipinski definition) is 4. The number of sulfonamides is 1. The van der Waals surface area contributed by atoms with E-state index in [2.05, 4.69) is 10.0 Å². The van der Waals surface area contributed by atoms with Gasteiger partial charge in [-0.2, -0.15) is 0 Å². The van der Waals surface area contributed by atoms with Crippen LogP contribution in [0.25, 0.3) is 0 Å². The van der Waals surface area contributed by atoms with Crippen molar-refractivity contribution < 1.29 is 18.0 Å². The number of halogens is 1. The van der Waals surface area contributed by atoms with Crippen LogP contribution in [-0.4, -0.2) is 32.8 Å². The van der Waals surface area contributed by atoms with Crippen molar-refractivity contribution in [1.29, 1.82) is 0 Å². The SMILES string of the molecule is CC[C@@H](C)NS(=O)(=O)c1ccc(NC(=O)[C@H]2CC(=O)N(c3ccc(Cl)cc3)C2)cc1. The van der Waals surface area contributed by atoms with Crippen LogP contribution in [0.1, 0.15) is 26.7 Å². The Kier molecular flexibility index (Phi) is 6.80. The lowest BCUT2D eigenvalue weighted by atomic mass is 10.1. The molecule has 0 bridgehead atoms. The summed E-state index contributed by atoms with van der Waals surface area (Å²) >= 11 is 5.89. The third-order valence-corrected chi connectivity index (χ3v) is 6.89. The summed E-state index contributed by atoms with van der Waals surface area (Å²) in [7, 11) is -3.60. The lowest BCUT2D eigenvalue weighted by Gasteiger charge is -2.17. The van der Waals surface area contributed by atoms with Crippen molar-refractivity contribution in [3.05, 3.63) is 53.6 Å². The summed E-state index contributed by atoms with van der Waals surface area (Å²) in [4.78, 5) is 26.6. The molecule has 0 aromatic heterocycles. The van der Waals surface area contributed by atoms with E-state index in [-0.39, 0.29) is 35.7 Å². The molecule has 7 nitrogen and oxygen atoms in total. The predicted octanol–water partition coefficient (Wildman–Crippen LogP) is 3.41. The Hall–Kier alpha value is -2.42. The van der Waals surface area contributed by atoms with Gasteiger partial charge in [0.2, 0.25) is 21.8 Å². The zero-order chi connectivity index (χ0) is 21.9. The van der Waals surface area contributed by atoms with Gasteiger partial charge in [0.1, 0.15) is 0 Å². The molecule has 3 rings (SSSR count). The van der Waals surface area contributed by atoms with Crippen molar-refractivity contribution in [1.82, 2.24) is 4.72 Å². The van der Waals surface area contributed by atoms with Gasteiger partial charge in [-0.3, -0.25) is 9.59 Å². The summed E-state index contributed by atoms with van der Waals surface area (Å²) < 4.78 is 27.2. The molecular formula is C21H24ClN3O4S. The zero-order valence-corrected chi connectivity index (χ0v) is 18.3. The zero-order valence-electron chi connectivity index (χ0n) is 16.8. The molecule has 2 atom stereocenters. The number of carbonyl (C=O) groups is 2. The molecule has 1 saturated heterocycles. The number of anilines is 2. The van der Waals surface area contributed by atoms with E-state index in [1.165, 1.54) is 24.3 Å². The maximum Gasteiger partial charge on any atom is 0.240 e. The molecular weight excluding hydrogens is 426 g/mol. The molecule has 9 heteroatoms. The number of hydrogen-bond donors (Lipinski definition) is 2. The van der Waals surface area contributed by atoms with E-state index in [9.17, 15) is 18.0 Å². The molecule has 0 spiro atoms. The molecule has 0 unspecified atom stereocenters. The molecule has 160 valence electrons. The molecule has 1 aliphatic heterocycles. The van der Waals surface area contributed by atoms with Crippen LogP contribution in [0.15, 0.2) is 53.4 Å². The smallest absolute Gasteiger partial charge is 0.240 e. The Morgan fingerprint density at radius 1 is 1.17 bits per heavy atom. The predicted molar refractivity (Wildman–Crippen MR) is 117 cm³/mol. The number of nitrogens with one attached hydrogen (secondary N) is 2. The number of nitrogens with zero attached hydrogens (tertiary/aromatic N) is 1. The summed E-state index contributed by atoms with van der Waals surface area (Å²) in [5.41, 5.74) is 1.17. The minimum atomic E-state index is -3.60. The van der Waals surface area contributed by atoms with Crippen molar-refractivity contribution in [2.45, 2.75) is 37.6 Å². The Morgan fingerprint density at radius 2 is 1.80 bits per heavy atom. The van der Waals surface area contributed by atoms with Gasteiger partial charge in [-0.1, -0.05) is 18.5 Å². The van der Waals surface area contributed by atoms with Gasteiger partial charge < -0.3 is 10.2 Å². The maximum atomic E-state index is 12.6. The number of carbonyl (C=O) groups excluding carboxylic acids is 2. The number of rotatable bonds is 7. The Balaban J connectivity index is 1.63. The molecule has 30 heavy (non-hydrogen) atoms. The van der Waals surface area contributed by atoms with Crippen LogP contribution in [0.4, 0.5) is 11.4 Å². The molecule has 1 aliphatic rings. The van der Waals surface area contributed by atoms with Crippen LogP contribution in [0.5, 0.6) is 0 Å². The molecule has 0 aliphatic carbocycles. The number of amides is 2. The summed E-state index contributed by atoms with van der Waals surface area (Å²) in [6.07, 6.45) is 0.792. The minimum Gasteiger partial charge on any atom is -0.326 e. The highest BCUT2D eigenvalue weighted by Crippen LogP contribution is 2.27. The largest absolute Gasteiger partial charge is 0.326 e. The Bertz CT molecular complexity index is 1020. The van der Waals surface area contributed by atoms with Crippen molar-refractivity contribution >= 4 is 44.8 Å². The monoisotopic (exact) mass is 449 g/mol. The second kappa shape index (κ2) is 9.16. The minimum absolute atomic E-state index is 0.111. The average Bonchev–Trinajstić information content (AvgIpc) is 3.10. The van der Waals surface area contributed by atoms with Gasteiger partial charge >= 0.3 is 0 Å². The van der Waals surface area contributed by atoms with Gasteiger partial charge in [-0.15, -0.1) is 0 Å². The molecule has 2 amide bonds. The fourth-order valence-electron chi connectivity index (χ4n) is 3.13. The summed E-state index contributed by atoms with van der Waals surface area (Å²) in [6, 6.07) is 12.7. The van der Waals surface area contributed by atoms with Crippen LogP contribution < -0.4 is 14.9 Å². The van der Waals surface area contributed by atoms with E-state index in [1.54, 1.807) is 36.1 Å². The molecule has 2 aromatic rings. The highest BCUT2D eigenvalue weighted by molar-refractivity contribution is 7.89. The normalized spacial score (nSPS) is 17.8. The van der Waals surface area contributed by atoms with E-state index < -0.39 is 15.9 Å². The highest BCUT2D eigenvalue weighted by Gasteiger charge is 2.35. The Morgan fingerprint density at radius 3 is 2.40 bits per heavy atom. The second-order valence-corrected chi connectivity index (χ2v) is 9.48. The average molecular weight is 450 g/mol. The van der Waals surface area contributed by atoms with Gasteiger partial charge in [-0.25, -0.2) is 13.1 Å². The van der Waals surface area contributed by atoms with Crippen LogP contribution in [0.3, 0.4) is 0 Å². The lowest BCUT2D eigenvalue weighted by Crippen LogP contribution is -2.32. The summed E-state index contributed by atoms with van der Waals surface area (Å²) in [5, 5.41) is 3.34. The molecule has 1 heterocycles. The van der Waals surface area contributed by atoms with Gasteiger partial charge in [0, 0.05) is 35.4 Å². The van der Waals surface area contributed by atoms with Crippen LogP contribution in [0, 0.1) is 5.92 Å². The first-order chi connectivity index (χ1) is 14.2. The van der Waals surface area contributed by atoms with Crippen molar-refractivity contribution in [2.24, 2.45) is 5.92 Å². The van der Waals surface area contributed by atoms with Gasteiger partial charge in [0.15, 0.2) is 0 Å². The fraction of sp³-hybridized carbons (Fsp3) is 0.333. The van der Waals surface area contributed by atoms with Gasteiger partial charge in [0.25, 0.3) is 0 Å². The highest BCUT2D eigenvalue weighted by atomic mass is 35.5. The van der Waals surface area contributed by atoms with Gasteiger partial charge in [-0.05, 0) is 61.9 Å². The Labute approximate surface area is 181 Å². The van der Waals surface area contributed by atoms with Crippen LogP contribution in [-0.2, 0) is 19.6 Å². The fourth-order valence-corrected chi connectivity index (χ4v) is 4.58. The first kappa shape index (κ1) is 22.3. The third-order valence-electron chi connectivity index (χ3n) is 5.03. The van der Waals surface area contributed by atoms with Crippen LogP contribution >= 0.6 is 11.6 Å². The molecule has 2 aromatic carbocycles. The van der Waals surface area contributed by atoms with Crippen molar-refractivity contribution in [3.63, 3.8) is 0 Å². The molecule has 0 radical (unpaired) electrons. The lowest BCUT2D eigenvalue weighted by molar-refractivity contribution is -0.122. The molecule has 2 N–H and O–H groups in total. The van der Waals surface area contributed by atoms with E-state index in [1.807, 2.05) is 6.92 Å². The molecule has 1 fully saturated rings. The first-order valence-electron chi connectivity index (χ1n) is 9.69. The van der Waals surface area contributed by atoms with E-state index in [4.69, 9.17) is 11.6 Å². The third kappa shape index (κ3) is 5.19. The quantitative estimate of drug-likeness (QED) is 0.677. The first-order valence-corrected chi connectivity index (χ1v) is 11.5. The number of benzene rings is 2. The van der Waals surface area contributed by atoms with Crippen molar-refractivity contribution in [3.8, 4) is 0 Å². The van der Waals surface area contributed by atoms with Crippen molar-refractivity contribution in [2.75, 3.05) is 16.8 Å². The van der Waals surface area contributed by atoms with E-state index >= 15 is 0 Å². The standard InChI is InChI=1S/C21H24ClN3O4S/c1-3-14(2)24-30(28,29)19-10-6-17(7-11-19)23-21(27)15-12-20(26)25(13-15)18-8-4-16(22)5-9-18/h4-11,14-15,24H,3,12-13H2,1-2H3,(H,23,27)/t14-,15+/m1/s1. The maximum absolute atomic E-state index is 12.6. The van der Waals surface area contributed by atoms with E-state index in [0.717, 1.165) is 0 Å². The molecule has 0 saturated carbocycles. The topological polar surface area (TPSA) is 95.6 Å². The van der Waals surface area contributed by atoms with Crippen LogP contribution in [0.2, 0.25) is 5.02 Å². The second-order valence-electron chi connectivity index (χ2n) is 7.33. The van der Waals surface area contributed by atoms with E-state index in [0.29, 0.717) is 22.8 Å².